The Labute approximate surface area is 99.8 Å². The van der Waals surface area contributed by atoms with E-state index in [0.717, 1.165) is 25.9 Å². The first-order chi connectivity index (χ1) is 8.20. The molecule has 6 heteroatoms. The lowest BCUT2D eigenvalue weighted by atomic mass is 10.1. The number of rotatable bonds is 1. The second-order valence-corrected chi connectivity index (χ2v) is 4.15. The zero-order valence-corrected chi connectivity index (χ0v) is 9.81. The fourth-order valence-electron chi connectivity index (χ4n) is 1.94. The van der Waals surface area contributed by atoms with Crippen LogP contribution in [0.5, 0.6) is 0 Å². The first-order valence-corrected chi connectivity index (χ1v) is 5.70. The molecular formula is C11H15N5O. The summed E-state index contributed by atoms with van der Waals surface area (Å²) in [6, 6.07) is 1.84. The highest BCUT2D eigenvalue weighted by Crippen LogP contribution is 2.14. The van der Waals surface area contributed by atoms with Gasteiger partial charge < -0.3 is 4.90 Å². The van der Waals surface area contributed by atoms with Crippen LogP contribution < -0.4 is 5.32 Å². The molecule has 0 bridgehead atoms. The van der Waals surface area contributed by atoms with Crippen LogP contribution in [0.25, 0.3) is 0 Å². The predicted molar refractivity (Wildman–Crippen MR) is 62.4 cm³/mol. The molecule has 0 aliphatic carbocycles. The zero-order chi connectivity index (χ0) is 12.3. The molecule has 2 amide bonds. The molecule has 2 rings (SSSR count). The van der Waals surface area contributed by atoms with Crippen LogP contribution >= 0.6 is 0 Å². The molecule has 1 aliphatic rings. The van der Waals surface area contributed by atoms with Crippen molar-refractivity contribution in [3.05, 3.63) is 11.8 Å². The molecule has 1 fully saturated rings. The minimum absolute atomic E-state index is 0.167. The average Bonchev–Trinajstić information content (AvgIpc) is 2.70. The molecule has 1 aliphatic heterocycles. The van der Waals surface area contributed by atoms with Crippen LogP contribution in [0, 0.1) is 11.3 Å². The molecule has 1 aromatic heterocycles. The van der Waals surface area contributed by atoms with E-state index in [4.69, 9.17) is 5.26 Å². The summed E-state index contributed by atoms with van der Waals surface area (Å²) in [5, 5.41) is 15.6. The van der Waals surface area contributed by atoms with Gasteiger partial charge in [0, 0.05) is 26.3 Å². The number of nitriles is 1. The quantitative estimate of drug-likeness (QED) is 0.794. The lowest BCUT2D eigenvalue weighted by Gasteiger charge is -2.26. The van der Waals surface area contributed by atoms with Gasteiger partial charge in [0.25, 0.3) is 0 Å². The molecule has 17 heavy (non-hydrogen) atoms. The van der Waals surface area contributed by atoms with Crippen molar-refractivity contribution in [1.82, 2.24) is 14.7 Å². The van der Waals surface area contributed by atoms with Crippen LogP contribution in [-0.4, -0.2) is 33.8 Å². The fourth-order valence-corrected chi connectivity index (χ4v) is 1.94. The van der Waals surface area contributed by atoms with Crippen LogP contribution in [0.15, 0.2) is 6.20 Å². The van der Waals surface area contributed by atoms with E-state index in [1.807, 2.05) is 6.07 Å². The van der Waals surface area contributed by atoms with E-state index < -0.39 is 0 Å². The number of amides is 2. The maximum atomic E-state index is 11.9. The zero-order valence-electron chi connectivity index (χ0n) is 9.81. The summed E-state index contributed by atoms with van der Waals surface area (Å²) in [7, 11) is 1.72. The molecule has 1 saturated heterocycles. The van der Waals surface area contributed by atoms with Crippen molar-refractivity contribution in [2.75, 3.05) is 18.4 Å². The summed E-state index contributed by atoms with van der Waals surface area (Å²) in [5.74, 6) is 0.338. The molecule has 1 aromatic rings. The van der Waals surface area contributed by atoms with Crippen LogP contribution in [0.1, 0.15) is 24.8 Å². The van der Waals surface area contributed by atoms with Crippen molar-refractivity contribution in [3.8, 4) is 6.07 Å². The van der Waals surface area contributed by atoms with Crippen LogP contribution in [0.4, 0.5) is 10.6 Å². The van der Waals surface area contributed by atoms with Crippen molar-refractivity contribution in [2.24, 2.45) is 7.05 Å². The van der Waals surface area contributed by atoms with Gasteiger partial charge >= 0.3 is 6.03 Å². The molecule has 2 heterocycles. The van der Waals surface area contributed by atoms with Crippen molar-refractivity contribution in [1.29, 1.82) is 5.26 Å². The van der Waals surface area contributed by atoms with E-state index in [2.05, 4.69) is 10.4 Å². The minimum atomic E-state index is -0.167. The highest BCUT2D eigenvalue weighted by atomic mass is 16.2. The molecule has 1 N–H and O–H groups in total. The Morgan fingerprint density at radius 2 is 2.18 bits per heavy atom. The molecule has 0 aromatic carbocycles. The van der Waals surface area contributed by atoms with Crippen LogP contribution in [-0.2, 0) is 7.05 Å². The Balaban J connectivity index is 2.04. The summed E-state index contributed by atoms with van der Waals surface area (Å²) >= 11 is 0. The highest BCUT2D eigenvalue weighted by Gasteiger charge is 2.18. The molecular weight excluding hydrogens is 218 g/mol. The summed E-state index contributed by atoms with van der Waals surface area (Å²) in [4.78, 5) is 13.7. The van der Waals surface area contributed by atoms with Gasteiger partial charge in [0.15, 0.2) is 5.82 Å². The molecule has 0 unspecified atom stereocenters. The monoisotopic (exact) mass is 233 g/mol. The lowest BCUT2D eigenvalue weighted by molar-refractivity contribution is 0.200. The van der Waals surface area contributed by atoms with Gasteiger partial charge in [-0.1, -0.05) is 0 Å². The summed E-state index contributed by atoms with van der Waals surface area (Å²) in [6.07, 6.45) is 4.85. The number of carbonyl (C=O) groups is 1. The van der Waals surface area contributed by atoms with E-state index in [-0.39, 0.29) is 6.03 Å². The third-order valence-corrected chi connectivity index (χ3v) is 2.82. The SMILES string of the molecule is Cn1cc(C#N)c(NC(=O)N2CCCCC2)n1. The normalized spacial score (nSPS) is 15.4. The molecule has 0 radical (unpaired) electrons. The minimum Gasteiger partial charge on any atom is -0.324 e. The predicted octanol–water partition coefficient (Wildman–Crippen LogP) is 1.31. The summed E-state index contributed by atoms with van der Waals surface area (Å²) < 4.78 is 1.52. The van der Waals surface area contributed by atoms with E-state index in [9.17, 15) is 4.79 Å². The molecule has 0 saturated carbocycles. The number of urea groups is 1. The third-order valence-electron chi connectivity index (χ3n) is 2.82. The number of carbonyl (C=O) groups excluding carboxylic acids is 1. The van der Waals surface area contributed by atoms with E-state index in [1.165, 1.54) is 11.1 Å². The Hall–Kier alpha value is -2.03. The Bertz CT molecular complexity index is 453. The summed E-state index contributed by atoms with van der Waals surface area (Å²) in [5.41, 5.74) is 0.387. The number of piperidine rings is 1. The molecule has 0 atom stereocenters. The van der Waals surface area contributed by atoms with Gasteiger partial charge in [0.2, 0.25) is 0 Å². The summed E-state index contributed by atoms with van der Waals surface area (Å²) in [6.45, 7) is 1.56. The topological polar surface area (TPSA) is 74.0 Å². The van der Waals surface area contributed by atoms with E-state index in [1.54, 1.807) is 18.1 Å². The van der Waals surface area contributed by atoms with E-state index in [0.29, 0.717) is 11.4 Å². The largest absolute Gasteiger partial charge is 0.324 e. The number of nitrogens with zero attached hydrogens (tertiary/aromatic N) is 4. The first-order valence-electron chi connectivity index (χ1n) is 5.70. The number of nitrogens with one attached hydrogen (secondary N) is 1. The van der Waals surface area contributed by atoms with Crippen molar-refractivity contribution in [2.45, 2.75) is 19.3 Å². The third kappa shape index (κ3) is 2.56. The lowest BCUT2D eigenvalue weighted by Crippen LogP contribution is -2.38. The van der Waals surface area contributed by atoms with E-state index >= 15 is 0 Å². The number of likely N-dealkylation sites (tertiary alicyclic amines) is 1. The van der Waals surface area contributed by atoms with Crippen molar-refractivity contribution < 1.29 is 4.79 Å². The molecule has 6 nitrogen and oxygen atoms in total. The van der Waals surface area contributed by atoms with Crippen LogP contribution in [0.3, 0.4) is 0 Å². The Morgan fingerprint density at radius 1 is 1.47 bits per heavy atom. The van der Waals surface area contributed by atoms with Gasteiger partial charge in [0.05, 0.1) is 0 Å². The fraction of sp³-hybridized carbons (Fsp3) is 0.545. The second kappa shape index (κ2) is 4.87. The number of anilines is 1. The molecule has 0 spiro atoms. The van der Waals surface area contributed by atoms with Gasteiger partial charge in [-0.2, -0.15) is 10.4 Å². The Kier molecular flexibility index (Phi) is 3.28. The molecule has 90 valence electrons. The van der Waals surface area contributed by atoms with Crippen LogP contribution in [0.2, 0.25) is 0 Å². The van der Waals surface area contributed by atoms with Gasteiger partial charge in [-0.25, -0.2) is 4.79 Å². The number of hydrogen-bond acceptors (Lipinski definition) is 3. The average molecular weight is 233 g/mol. The number of aryl methyl sites for hydroxylation is 1. The van der Waals surface area contributed by atoms with Gasteiger partial charge in [-0.3, -0.25) is 10.00 Å². The first kappa shape index (κ1) is 11.5. The second-order valence-electron chi connectivity index (χ2n) is 4.15. The maximum absolute atomic E-state index is 11.9. The van der Waals surface area contributed by atoms with Crippen molar-refractivity contribution in [3.63, 3.8) is 0 Å². The number of aromatic nitrogens is 2. The smallest absolute Gasteiger partial charge is 0.323 e. The van der Waals surface area contributed by atoms with Crippen molar-refractivity contribution >= 4 is 11.8 Å². The maximum Gasteiger partial charge on any atom is 0.323 e. The highest BCUT2D eigenvalue weighted by molar-refractivity contribution is 5.89. The van der Waals surface area contributed by atoms with Gasteiger partial charge in [0.1, 0.15) is 11.6 Å². The van der Waals surface area contributed by atoms with Gasteiger partial charge in [-0.15, -0.1) is 0 Å². The van der Waals surface area contributed by atoms with Gasteiger partial charge in [-0.05, 0) is 19.3 Å². The number of hydrogen-bond donors (Lipinski definition) is 1. The Morgan fingerprint density at radius 3 is 2.82 bits per heavy atom. The standard InChI is InChI=1S/C11H15N5O/c1-15-8-9(7-12)10(14-15)13-11(17)16-5-3-2-4-6-16/h8H,2-6H2,1H3,(H,13,14,17).